The van der Waals surface area contributed by atoms with E-state index >= 15 is 0 Å². The van der Waals surface area contributed by atoms with Crippen molar-refractivity contribution in [3.63, 3.8) is 0 Å². The molecule has 1 aromatic heterocycles. The second kappa shape index (κ2) is 4.35. The number of carboxylic acid groups (broad SMARTS) is 1. The minimum Gasteiger partial charge on any atom is -0.477 e. The first kappa shape index (κ1) is 11.6. The van der Waals surface area contributed by atoms with Gasteiger partial charge in [-0.2, -0.15) is 8.78 Å². The van der Waals surface area contributed by atoms with Crippen LogP contribution in [0.3, 0.4) is 0 Å². The third-order valence-corrected chi connectivity index (χ3v) is 3.31. The van der Waals surface area contributed by atoms with E-state index in [1.54, 1.807) is 12.1 Å². The van der Waals surface area contributed by atoms with Crippen LogP contribution in [0.2, 0.25) is 0 Å². The zero-order valence-corrected chi connectivity index (χ0v) is 9.37. The summed E-state index contributed by atoms with van der Waals surface area (Å²) in [6, 6.07) is 3.45. The Hall–Kier alpha value is -0.490. The summed E-state index contributed by atoms with van der Waals surface area (Å²) in [7, 11) is 0. The Balaban J connectivity index is 2.52. The van der Waals surface area contributed by atoms with E-state index in [0.29, 0.717) is 0 Å². The number of rotatable bonds is 4. The van der Waals surface area contributed by atoms with Gasteiger partial charge in [0.15, 0.2) is 0 Å². The Kier molecular flexibility index (Phi) is 3.60. The van der Waals surface area contributed by atoms with Crippen LogP contribution in [0.1, 0.15) is 11.3 Å². The van der Waals surface area contributed by atoms with E-state index in [-0.39, 0.29) is 6.42 Å². The molecule has 0 aromatic carbocycles. The number of alkyl halides is 2. The molecule has 0 radical (unpaired) electrons. The van der Waals surface area contributed by atoms with Crippen LogP contribution in [0.15, 0.2) is 15.9 Å². The molecule has 1 aromatic rings. The molecule has 0 spiro atoms. The molecule has 0 aliphatic rings. The zero-order valence-electron chi connectivity index (χ0n) is 6.97. The molecular formula is C8H7BrF2O2S. The van der Waals surface area contributed by atoms with Crippen LogP contribution in [0.5, 0.6) is 0 Å². The number of carbonyl (C=O) groups is 1. The van der Waals surface area contributed by atoms with E-state index in [0.717, 1.165) is 8.66 Å². The van der Waals surface area contributed by atoms with Crippen LogP contribution in [0, 0.1) is 0 Å². The van der Waals surface area contributed by atoms with Crippen LogP contribution in [-0.2, 0) is 11.2 Å². The maximum atomic E-state index is 12.6. The van der Waals surface area contributed by atoms with Gasteiger partial charge < -0.3 is 5.11 Å². The molecule has 0 saturated heterocycles. The predicted octanol–water partition coefficient (Wildman–Crippen LogP) is 3.16. The molecule has 14 heavy (non-hydrogen) atoms. The van der Waals surface area contributed by atoms with Crippen LogP contribution >= 0.6 is 27.3 Å². The summed E-state index contributed by atoms with van der Waals surface area (Å²) < 4.78 is 26.1. The van der Waals surface area contributed by atoms with Crippen LogP contribution in [0.4, 0.5) is 8.78 Å². The monoisotopic (exact) mass is 284 g/mol. The standard InChI is InChI=1S/C8H7BrF2O2S/c9-6-2-1-5(14-6)3-4-8(10,11)7(12)13/h1-2H,3-4H2,(H,12,13). The SMILES string of the molecule is O=C(O)C(F)(F)CCc1ccc(Br)s1. The Bertz CT molecular complexity index is 338. The number of hydrogen-bond donors (Lipinski definition) is 1. The van der Waals surface area contributed by atoms with Gasteiger partial charge >= 0.3 is 11.9 Å². The van der Waals surface area contributed by atoms with E-state index in [4.69, 9.17) is 5.11 Å². The van der Waals surface area contributed by atoms with E-state index < -0.39 is 18.3 Å². The molecule has 1 heterocycles. The summed E-state index contributed by atoms with van der Waals surface area (Å²) in [5, 5.41) is 8.17. The van der Waals surface area contributed by atoms with Gasteiger partial charge in [-0.3, -0.25) is 0 Å². The molecular weight excluding hydrogens is 278 g/mol. The van der Waals surface area contributed by atoms with Gasteiger partial charge in [0.2, 0.25) is 0 Å². The first-order valence-corrected chi connectivity index (χ1v) is 5.38. The quantitative estimate of drug-likeness (QED) is 0.922. The molecule has 1 rings (SSSR count). The van der Waals surface area contributed by atoms with Crippen molar-refractivity contribution in [3.8, 4) is 0 Å². The van der Waals surface area contributed by atoms with Gasteiger partial charge in [0.1, 0.15) is 0 Å². The van der Waals surface area contributed by atoms with Crippen molar-refractivity contribution in [1.29, 1.82) is 0 Å². The second-order valence-corrected chi connectivity index (χ2v) is 5.26. The average molecular weight is 285 g/mol. The van der Waals surface area contributed by atoms with Crippen molar-refractivity contribution in [1.82, 2.24) is 0 Å². The van der Waals surface area contributed by atoms with Gasteiger partial charge in [-0.25, -0.2) is 4.79 Å². The first-order chi connectivity index (χ1) is 6.42. The second-order valence-electron chi connectivity index (χ2n) is 2.72. The van der Waals surface area contributed by atoms with Crippen molar-refractivity contribution >= 4 is 33.2 Å². The highest BCUT2D eigenvalue weighted by molar-refractivity contribution is 9.11. The lowest BCUT2D eigenvalue weighted by molar-refractivity contribution is -0.165. The van der Waals surface area contributed by atoms with Crippen LogP contribution in [-0.4, -0.2) is 17.0 Å². The molecule has 78 valence electrons. The first-order valence-electron chi connectivity index (χ1n) is 3.77. The van der Waals surface area contributed by atoms with Crippen molar-refractivity contribution in [2.75, 3.05) is 0 Å². The number of hydrogen-bond acceptors (Lipinski definition) is 2. The fraction of sp³-hybridized carbons (Fsp3) is 0.375. The number of aliphatic carboxylic acids is 1. The Labute approximate surface area is 91.7 Å². The molecule has 1 N–H and O–H groups in total. The van der Waals surface area contributed by atoms with Gasteiger partial charge in [0.05, 0.1) is 3.79 Å². The highest BCUT2D eigenvalue weighted by Crippen LogP contribution is 2.27. The predicted molar refractivity (Wildman–Crippen MR) is 52.9 cm³/mol. The zero-order chi connectivity index (χ0) is 10.8. The van der Waals surface area contributed by atoms with Gasteiger partial charge in [-0.15, -0.1) is 11.3 Å². The van der Waals surface area contributed by atoms with E-state index in [9.17, 15) is 13.6 Å². The minimum absolute atomic E-state index is 0.0789. The van der Waals surface area contributed by atoms with Gasteiger partial charge in [-0.1, -0.05) is 0 Å². The molecule has 0 atom stereocenters. The van der Waals surface area contributed by atoms with Crippen LogP contribution in [0.25, 0.3) is 0 Å². The van der Waals surface area contributed by atoms with E-state index in [1.165, 1.54) is 11.3 Å². The number of carboxylic acids is 1. The van der Waals surface area contributed by atoms with Gasteiger partial charge in [-0.05, 0) is 34.5 Å². The number of halogens is 3. The molecule has 0 amide bonds. The Morgan fingerprint density at radius 3 is 2.64 bits per heavy atom. The molecule has 6 heteroatoms. The fourth-order valence-corrected chi connectivity index (χ4v) is 2.36. The van der Waals surface area contributed by atoms with Crippen molar-refractivity contribution in [3.05, 3.63) is 20.8 Å². The lowest BCUT2D eigenvalue weighted by Crippen LogP contribution is -2.28. The highest BCUT2D eigenvalue weighted by atomic mass is 79.9. The maximum Gasteiger partial charge on any atom is 0.374 e. The minimum atomic E-state index is -3.63. The summed E-state index contributed by atoms with van der Waals surface area (Å²) in [4.78, 5) is 10.8. The molecule has 0 aliphatic heterocycles. The highest BCUT2D eigenvalue weighted by Gasteiger charge is 2.38. The number of aryl methyl sites for hydroxylation is 1. The molecule has 2 nitrogen and oxygen atoms in total. The Morgan fingerprint density at radius 1 is 1.57 bits per heavy atom. The van der Waals surface area contributed by atoms with E-state index in [1.807, 2.05) is 0 Å². The average Bonchev–Trinajstić information content (AvgIpc) is 2.48. The molecule has 0 fully saturated rings. The third-order valence-electron chi connectivity index (χ3n) is 1.63. The van der Waals surface area contributed by atoms with E-state index in [2.05, 4.69) is 15.9 Å². The van der Waals surface area contributed by atoms with Crippen molar-refractivity contribution in [2.45, 2.75) is 18.8 Å². The van der Waals surface area contributed by atoms with Crippen molar-refractivity contribution < 1.29 is 18.7 Å². The van der Waals surface area contributed by atoms with Crippen LogP contribution < -0.4 is 0 Å². The summed E-state index contributed by atoms with van der Waals surface area (Å²) >= 11 is 4.53. The van der Waals surface area contributed by atoms with Gasteiger partial charge in [0, 0.05) is 11.3 Å². The fourth-order valence-electron chi connectivity index (χ4n) is 0.873. The molecule has 0 saturated carbocycles. The van der Waals surface area contributed by atoms with Gasteiger partial charge in [0.25, 0.3) is 0 Å². The summed E-state index contributed by atoms with van der Waals surface area (Å²) in [6.45, 7) is 0. The Morgan fingerprint density at radius 2 is 2.21 bits per heavy atom. The molecule has 0 aliphatic carbocycles. The molecule has 0 unspecified atom stereocenters. The lowest BCUT2D eigenvalue weighted by Gasteiger charge is -2.09. The molecule has 0 bridgehead atoms. The largest absolute Gasteiger partial charge is 0.477 e. The summed E-state index contributed by atoms with van der Waals surface area (Å²) in [5.74, 6) is -5.69. The summed E-state index contributed by atoms with van der Waals surface area (Å²) in [5.41, 5.74) is 0. The third kappa shape index (κ3) is 3.02. The number of thiophene rings is 1. The van der Waals surface area contributed by atoms with Crippen molar-refractivity contribution in [2.24, 2.45) is 0 Å². The maximum absolute atomic E-state index is 12.6. The normalized spacial score (nSPS) is 11.6. The topological polar surface area (TPSA) is 37.3 Å². The smallest absolute Gasteiger partial charge is 0.374 e. The summed E-state index contributed by atoms with van der Waals surface area (Å²) in [6.07, 6.45) is -0.579. The lowest BCUT2D eigenvalue weighted by atomic mass is 10.1.